The molecule has 2 aromatic carbocycles. The molecule has 0 spiro atoms. The predicted octanol–water partition coefficient (Wildman–Crippen LogP) is 2.58. The van der Waals surface area contributed by atoms with E-state index in [1.807, 2.05) is 6.07 Å². The molecule has 0 aliphatic carbocycles. The van der Waals surface area contributed by atoms with Crippen molar-refractivity contribution in [2.45, 2.75) is 0 Å². The van der Waals surface area contributed by atoms with Crippen LogP contribution in [-0.4, -0.2) is 18.0 Å². The maximum absolute atomic E-state index is 12.2. The topological polar surface area (TPSA) is 64.3 Å². The highest BCUT2D eigenvalue weighted by Crippen LogP contribution is 2.17. The Labute approximate surface area is 122 Å². The first-order valence-electron chi connectivity index (χ1n) is 5.95. The van der Waals surface area contributed by atoms with Crippen molar-refractivity contribution in [3.63, 3.8) is 0 Å². The Kier molecular flexibility index (Phi) is 4.32. The monoisotopic (exact) mass is 286 g/mol. The van der Waals surface area contributed by atoms with Crippen molar-refractivity contribution >= 4 is 28.8 Å². The molecular weight excluding hydrogens is 272 g/mol. The first-order valence-corrected chi connectivity index (χ1v) is 6.36. The molecule has 2 aromatic rings. The molecule has 0 radical (unpaired) electrons. The summed E-state index contributed by atoms with van der Waals surface area (Å²) in [5.74, 6) is 0.455. The van der Waals surface area contributed by atoms with Gasteiger partial charge in [0.25, 0.3) is 5.91 Å². The van der Waals surface area contributed by atoms with Crippen molar-refractivity contribution < 1.29 is 9.53 Å². The molecule has 0 aromatic heterocycles. The standard InChI is InChI=1S/C15H14N2O2S/c1-19-13-7-3-6-12(9-13)17-15(18)11-5-2-4-10(8-11)14(16)20/h2-9H,1H3,(H2,16,20)(H,17,18). The number of carbonyl (C=O) groups excluding carboxylic acids is 1. The van der Waals surface area contributed by atoms with Crippen LogP contribution in [0.4, 0.5) is 5.69 Å². The Hall–Kier alpha value is -2.40. The van der Waals surface area contributed by atoms with Crippen LogP contribution in [0.5, 0.6) is 5.75 Å². The molecule has 3 N–H and O–H groups in total. The van der Waals surface area contributed by atoms with Gasteiger partial charge in [-0.2, -0.15) is 0 Å². The number of nitrogens with one attached hydrogen (secondary N) is 1. The number of thiocarbonyl (C=S) groups is 1. The van der Waals surface area contributed by atoms with E-state index in [1.54, 1.807) is 49.6 Å². The average Bonchev–Trinajstić information content (AvgIpc) is 2.47. The lowest BCUT2D eigenvalue weighted by atomic mass is 10.1. The SMILES string of the molecule is COc1cccc(NC(=O)c2cccc(C(N)=S)c2)c1. The van der Waals surface area contributed by atoms with E-state index in [2.05, 4.69) is 5.32 Å². The van der Waals surface area contributed by atoms with Crippen molar-refractivity contribution in [3.05, 3.63) is 59.7 Å². The normalized spacial score (nSPS) is 9.85. The maximum atomic E-state index is 12.2. The van der Waals surface area contributed by atoms with Crippen molar-refractivity contribution in [2.75, 3.05) is 12.4 Å². The van der Waals surface area contributed by atoms with Gasteiger partial charge in [-0.25, -0.2) is 0 Å². The van der Waals surface area contributed by atoms with Gasteiger partial charge in [0, 0.05) is 22.9 Å². The summed E-state index contributed by atoms with van der Waals surface area (Å²) >= 11 is 4.90. The van der Waals surface area contributed by atoms with Crippen molar-refractivity contribution in [3.8, 4) is 5.75 Å². The van der Waals surface area contributed by atoms with Crippen LogP contribution < -0.4 is 15.8 Å². The second-order valence-electron chi connectivity index (χ2n) is 4.13. The number of carbonyl (C=O) groups is 1. The molecule has 0 aliphatic rings. The smallest absolute Gasteiger partial charge is 0.255 e. The predicted molar refractivity (Wildman–Crippen MR) is 83.3 cm³/mol. The van der Waals surface area contributed by atoms with E-state index in [-0.39, 0.29) is 10.9 Å². The molecular formula is C15H14N2O2S. The van der Waals surface area contributed by atoms with E-state index < -0.39 is 0 Å². The number of nitrogens with two attached hydrogens (primary N) is 1. The minimum atomic E-state index is -0.226. The number of ether oxygens (including phenoxy) is 1. The van der Waals surface area contributed by atoms with Gasteiger partial charge in [-0.3, -0.25) is 4.79 Å². The molecule has 0 fully saturated rings. The lowest BCUT2D eigenvalue weighted by molar-refractivity contribution is 0.102. The third-order valence-electron chi connectivity index (χ3n) is 2.74. The molecule has 0 saturated carbocycles. The summed E-state index contributed by atoms with van der Waals surface area (Å²) in [6.07, 6.45) is 0. The van der Waals surface area contributed by atoms with Crippen LogP contribution in [-0.2, 0) is 0 Å². The molecule has 5 heteroatoms. The van der Waals surface area contributed by atoms with Crippen LogP contribution in [0.1, 0.15) is 15.9 Å². The second-order valence-corrected chi connectivity index (χ2v) is 4.57. The third kappa shape index (κ3) is 3.33. The minimum Gasteiger partial charge on any atom is -0.497 e. The number of rotatable bonds is 4. The zero-order chi connectivity index (χ0) is 14.5. The van der Waals surface area contributed by atoms with E-state index in [0.29, 0.717) is 22.6 Å². The number of benzene rings is 2. The summed E-state index contributed by atoms with van der Waals surface area (Å²) in [6.45, 7) is 0. The van der Waals surface area contributed by atoms with Crippen LogP contribution in [0.3, 0.4) is 0 Å². The highest BCUT2D eigenvalue weighted by molar-refractivity contribution is 7.80. The lowest BCUT2D eigenvalue weighted by Crippen LogP contribution is -2.14. The fourth-order valence-corrected chi connectivity index (χ4v) is 1.84. The van der Waals surface area contributed by atoms with Crippen LogP contribution in [0.2, 0.25) is 0 Å². The number of hydrogen-bond donors (Lipinski definition) is 2. The van der Waals surface area contributed by atoms with Gasteiger partial charge in [0.15, 0.2) is 0 Å². The highest BCUT2D eigenvalue weighted by atomic mass is 32.1. The quantitative estimate of drug-likeness (QED) is 0.848. The van der Waals surface area contributed by atoms with E-state index in [9.17, 15) is 4.79 Å². The first-order chi connectivity index (χ1) is 9.60. The van der Waals surface area contributed by atoms with Gasteiger partial charge in [0.05, 0.1) is 7.11 Å². The molecule has 4 nitrogen and oxygen atoms in total. The van der Waals surface area contributed by atoms with E-state index in [4.69, 9.17) is 22.7 Å². The van der Waals surface area contributed by atoms with Gasteiger partial charge < -0.3 is 15.8 Å². The second kappa shape index (κ2) is 6.16. The number of methoxy groups -OCH3 is 1. The Morgan fingerprint density at radius 2 is 1.85 bits per heavy atom. The largest absolute Gasteiger partial charge is 0.497 e. The van der Waals surface area contributed by atoms with E-state index >= 15 is 0 Å². The van der Waals surface area contributed by atoms with Crippen molar-refractivity contribution in [1.82, 2.24) is 0 Å². The number of hydrogen-bond acceptors (Lipinski definition) is 3. The molecule has 0 atom stereocenters. The summed E-state index contributed by atoms with van der Waals surface area (Å²) in [7, 11) is 1.58. The lowest BCUT2D eigenvalue weighted by Gasteiger charge is -2.08. The fraction of sp³-hybridized carbons (Fsp3) is 0.0667. The third-order valence-corrected chi connectivity index (χ3v) is 2.97. The highest BCUT2D eigenvalue weighted by Gasteiger charge is 2.08. The van der Waals surface area contributed by atoms with Crippen LogP contribution >= 0.6 is 12.2 Å². The van der Waals surface area contributed by atoms with Gasteiger partial charge in [0.1, 0.15) is 10.7 Å². The molecule has 0 heterocycles. The Balaban J connectivity index is 2.19. The molecule has 2 rings (SSSR count). The summed E-state index contributed by atoms with van der Waals surface area (Å²) in [4.78, 5) is 12.4. The van der Waals surface area contributed by atoms with E-state index in [0.717, 1.165) is 0 Å². The zero-order valence-electron chi connectivity index (χ0n) is 10.9. The van der Waals surface area contributed by atoms with Crippen molar-refractivity contribution in [2.24, 2.45) is 5.73 Å². The van der Waals surface area contributed by atoms with Gasteiger partial charge in [0.2, 0.25) is 0 Å². The van der Waals surface area contributed by atoms with Gasteiger partial charge in [-0.05, 0) is 24.3 Å². The van der Waals surface area contributed by atoms with Crippen LogP contribution in [0.25, 0.3) is 0 Å². The Morgan fingerprint density at radius 3 is 2.55 bits per heavy atom. The van der Waals surface area contributed by atoms with E-state index in [1.165, 1.54) is 0 Å². The Morgan fingerprint density at radius 1 is 1.15 bits per heavy atom. The fourth-order valence-electron chi connectivity index (χ4n) is 1.72. The molecule has 0 saturated heterocycles. The summed E-state index contributed by atoms with van der Waals surface area (Å²) < 4.78 is 5.11. The molecule has 0 unspecified atom stereocenters. The maximum Gasteiger partial charge on any atom is 0.255 e. The number of amides is 1. The number of anilines is 1. The summed E-state index contributed by atoms with van der Waals surface area (Å²) in [5.41, 5.74) is 7.38. The first kappa shape index (κ1) is 14.0. The van der Waals surface area contributed by atoms with Gasteiger partial charge >= 0.3 is 0 Å². The summed E-state index contributed by atoms with van der Waals surface area (Å²) in [6, 6.07) is 14.0. The minimum absolute atomic E-state index is 0.226. The van der Waals surface area contributed by atoms with Gasteiger partial charge in [-0.1, -0.05) is 30.4 Å². The molecule has 20 heavy (non-hydrogen) atoms. The molecule has 0 aliphatic heterocycles. The zero-order valence-corrected chi connectivity index (χ0v) is 11.7. The average molecular weight is 286 g/mol. The summed E-state index contributed by atoms with van der Waals surface area (Å²) in [5, 5.41) is 2.80. The van der Waals surface area contributed by atoms with Gasteiger partial charge in [-0.15, -0.1) is 0 Å². The van der Waals surface area contributed by atoms with Crippen LogP contribution in [0, 0.1) is 0 Å². The molecule has 0 bridgehead atoms. The van der Waals surface area contributed by atoms with Crippen LogP contribution in [0.15, 0.2) is 48.5 Å². The van der Waals surface area contributed by atoms with Crippen molar-refractivity contribution in [1.29, 1.82) is 0 Å². The molecule has 1 amide bonds. The molecule has 102 valence electrons. The Bertz CT molecular complexity index is 656.